The average molecular weight is 304 g/mol. The molecule has 2 aromatic rings. The highest BCUT2D eigenvalue weighted by Gasteiger charge is 2.24. The van der Waals surface area contributed by atoms with E-state index in [9.17, 15) is 0 Å². The van der Waals surface area contributed by atoms with Crippen molar-refractivity contribution in [2.75, 3.05) is 0 Å². The van der Waals surface area contributed by atoms with Crippen LogP contribution in [0.25, 0.3) is 17.2 Å². The molecule has 120 valence electrons. The fourth-order valence-corrected chi connectivity index (χ4v) is 3.49. The van der Waals surface area contributed by atoms with Crippen LogP contribution in [0.2, 0.25) is 0 Å². The molecule has 0 heteroatoms. The van der Waals surface area contributed by atoms with Crippen LogP contribution in [-0.2, 0) is 12.8 Å². The predicted molar refractivity (Wildman–Crippen MR) is 102 cm³/mol. The summed E-state index contributed by atoms with van der Waals surface area (Å²) in [6, 6.07) is 15.7. The molecule has 0 nitrogen and oxygen atoms in total. The van der Waals surface area contributed by atoms with Crippen LogP contribution in [-0.4, -0.2) is 0 Å². The number of hydrogen-bond acceptors (Lipinski definition) is 0. The Hall–Kier alpha value is -1.82. The SMILES string of the molecule is CC(C)Cc1ccccc1-c1cccc2c1C=C(C(C)(C)C)C2. The number of rotatable bonds is 3. The molecule has 1 aliphatic carbocycles. The van der Waals surface area contributed by atoms with Gasteiger partial charge in [0.25, 0.3) is 0 Å². The zero-order chi connectivity index (χ0) is 16.6. The van der Waals surface area contributed by atoms with Gasteiger partial charge in [-0.25, -0.2) is 0 Å². The Bertz CT molecular complexity index is 739. The van der Waals surface area contributed by atoms with Crippen LogP contribution in [0.4, 0.5) is 0 Å². The van der Waals surface area contributed by atoms with E-state index in [2.05, 4.69) is 83.2 Å². The van der Waals surface area contributed by atoms with Crippen LogP contribution in [0.5, 0.6) is 0 Å². The van der Waals surface area contributed by atoms with E-state index < -0.39 is 0 Å². The molecule has 0 unspecified atom stereocenters. The Morgan fingerprint density at radius 1 is 0.913 bits per heavy atom. The van der Waals surface area contributed by atoms with Crippen LogP contribution in [0, 0.1) is 11.3 Å². The van der Waals surface area contributed by atoms with E-state index in [0.29, 0.717) is 5.92 Å². The monoisotopic (exact) mass is 304 g/mol. The molecule has 0 fully saturated rings. The Balaban J connectivity index is 2.11. The van der Waals surface area contributed by atoms with Crippen molar-refractivity contribution in [2.45, 2.75) is 47.5 Å². The highest BCUT2D eigenvalue weighted by atomic mass is 14.3. The summed E-state index contributed by atoms with van der Waals surface area (Å²) in [6.45, 7) is 11.5. The second kappa shape index (κ2) is 6.00. The zero-order valence-electron chi connectivity index (χ0n) is 15.1. The van der Waals surface area contributed by atoms with Crippen molar-refractivity contribution < 1.29 is 0 Å². The molecule has 0 radical (unpaired) electrons. The van der Waals surface area contributed by atoms with E-state index in [-0.39, 0.29) is 5.41 Å². The molecule has 0 amide bonds. The van der Waals surface area contributed by atoms with Gasteiger partial charge in [0.1, 0.15) is 0 Å². The van der Waals surface area contributed by atoms with Crippen molar-refractivity contribution in [3.63, 3.8) is 0 Å². The largest absolute Gasteiger partial charge is 0.0625 e. The fraction of sp³-hybridized carbons (Fsp3) is 0.391. The first kappa shape index (κ1) is 16.1. The van der Waals surface area contributed by atoms with E-state index in [1.54, 1.807) is 5.57 Å². The minimum absolute atomic E-state index is 0.244. The van der Waals surface area contributed by atoms with Gasteiger partial charge in [-0.1, -0.05) is 88.7 Å². The minimum Gasteiger partial charge on any atom is -0.0625 e. The zero-order valence-corrected chi connectivity index (χ0v) is 15.1. The first-order chi connectivity index (χ1) is 10.9. The van der Waals surface area contributed by atoms with E-state index in [1.165, 1.54) is 27.8 Å². The normalized spacial score (nSPS) is 14.1. The van der Waals surface area contributed by atoms with Gasteiger partial charge in [-0.2, -0.15) is 0 Å². The fourth-order valence-electron chi connectivity index (χ4n) is 3.49. The van der Waals surface area contributed by atoms with Crippen molar-refractivity contribution in [1.82, 2.24) is 0 Å². The molecule has 0 aliphatic heterocycles. The van der Waals surface area contributed by atoms with Crippen molar-refractivity contribution in [3.8, 4) is 11.1 Å². The van der Waals surface area contributed by atoms with Crippen molar-refractivity contribution in [2.24, 2.45) is 11.3 Å². The lowest BCUT2D eigenvalue weighted by Crippen LogP contribution is -2.08. The van der Waals surface area contributed by atoms with E-state index in [1.807, 2.05) is 0 Å². The van der Waals surface area contributed by atoms with E-state index >= 15 is 0 Å². The second-order valence-corrected chi connectivity index (χ2v) is 8.23. The number of allylic oxidation sites excluding steroid dienone is 1. The molecule has 0 aromatic heterocycles. The molecule has 3 rings (SSSR count). The summed E-state index contributed by atoms with van der Waals surface area (Å²) in [6.07, 6.45) is 4.67. The van der Waals surface area contributed by atoms with E-state index in [0.717, 1.165) is 12.8 Å². The summed E-state index contributed by atoms with van der Waals surface area (Å²) in [5.41, 5.74) is 8.98. The van der Waals surface area contributed by atoms with Gasteiger partial charge in [0.15, 0.2) is 0 Å². The Morgan fingerprint density at radius 2 is 1.61 bits per heavy atom. The van der Waals surface area contributed by atoms with Crippen LogP contribution in [0.15, 0.2) is 48.0 Å². The molecule has 1 aliphatic rings. The third-order valence-electron chi connectivity index (χ3n) is 4.79. The topological polar surface area (TPSA) is 0 Å². The van der Waals surface area contributed by atoms with Crippen molar-refractivity contribution in [1.29, 1.82) is 0 Å². The van der Waals surface area contributed by atoms with Gasteiger partial charge in [-0.3, -0.25) is 0 Å². The summed E-state index contributed by atoms with van der Waals surface area (Å²) in [4.78, 5) is 0. The lowest BCUT2D eigenvalue weighted by atomic mass is 9.85. The molecule has 2 aromatic carbocycles. The molecular formula is C23H28. The van der Waals surface area contributed by atoms with Crippen molar-refractivity contribution in [3.05, 3.63) is 64.7 Å². The maximum atomic E-state index is 2.44. The number of benzene rings is 2. The molecule has 0 N–H and O–H groups in total. The Labute approximate surface area is 141 Å². The van der Waals surface area contributed by atoms with Gasteiger partial charge in [0, 0.05) is 0 Å². The van der Waals surface area contributed by atoms with E-state index in [4.69, 9.17) is 0 Å². The summed E-state index contributed by atoms with van der Waals surface area (Å²) < 4.78 is 0. The van der Waals surface area contributed by atoms with Gasteiger partial charge >= 0.3 is 0 Å². The summed E-state index contributed by atoms with van der Waals surface area (Å²) in [5, 5.41) is 0. The molecule has 0 spiro atoms. The molecule has 0 heterocycles. The maximum absolute atomic E-state index is 2.44. The van der Waals surface area contributed by atoms with Crippen LogP contribution < -0.4 is 0 Å². The lowest BCUT2D eigenvalue weighted by Gasteiger charge is -2.19. The molecule has 0 saturated carbocycles. The standard InChI is InChI=1S/C23H28/c1-16(2)13-17-9-6-7-11-20(17)21-12-8-10-18-14-19(15-22(18)21)23(3,4)5/h6-12,15-16H,13-14H2,1-5H3. The smallest absolute Gasteiger partial charge is 0.00523 e. The summed E-state index contributed by atoms with van der Waals surface area (Å²) in [7, 11) is 0. The number of hydrogen-bond donors (Lipinski definition) is 0. The molecule has 0 saturated heterocycles. The third kappa shape index (κ3) is 3.27. The first-order valence-corrected chi connectivity index (χ1v) is 8.77. The molecular weight excluding hydrogens is 276 g/mol. The van der Waals surface area contributed by atoms with Gasteiger partial charge in [-0.05, 0) is 52.0 Å². The number of fused-ring (bicyclic) bond motifs is 1. The van der Waals surface area contributed by atoms with Crippen LogP contribution >= 0.6 is 0 Å². The second-order valence-electron chi connectivity index (χ2n) is 8.23. The minimum atomic E-state index is 0.244. The van der Waals surface area contributed by atoms with Crippen LogP contribution in [0.3, 0.4) is 0 Å². The Kier molecular flexibility index (Phi) is 4.19. The van der Waals surface area contributed by atoms with Crippen molar-refractivity contribution >= 4 is 6.08 Å². The van der Waals surface area contributed by atoms with Gasteiger partial charge in [0.2, 0.25) is 0 Å². The first-order valence-electron chi connectivity index (χ1n) is 8.77. The average Bonchev–Trinajstić information content (AvgIpc) is 2.91. The molecule has 0 bridgehead atoms. The highest BCUT2D eigenvalue weighted by Crippen LogP contribution is 2.41. The van der Waals surface area contributed by atoms with Gasteiger partial charge < -0.3 is 0 Å². The molecule has 23 heavy (non-hydrogen) atoms. The lowest BCUT2D eigenvalue weighted by molar-refractivity contribution is 0.498. The van der Waals surface area contributed by atoms with Gasteiger partial charge in [0.05, 0.1) is 0 Å². The van der Waals surface area contributed by atoms with Crippen LogP contribution in [0.1, 0.15) is 51.3 Å². The predicted octanol–water partition coefficient (Wildman–Crippen LogP) is 6.54. The maximum Gasteiger partial charge on any atom is -0.00523 e. The molecule has 0 atom stereocenters. The summed E-state index contributed by atoms with van der Waals surface area (Å²) >= 11 is 0. The van der Waals surface area contributed by atoms with Gasteiger partial charge in [-0.15, -0.1) is 0 Å². The Morgan fingerprint density at radius 3 is 2.30 bits per heavy atom. The highest BCUT2D eigenvalue weighted by molar-refractivity contribution is 5.82. The quantitative estimate of drug-likeness (QED) is 0.604. The third-order valence-corrected chi connectivity index (χ3v) is 4.79. The summed E-state index contributed by atoms with van der Waals surface area (Å²) in [5.74, 6) is 0.675.